The van der Waals surface area contributed by atoms with Gasteiger partial charge in [0.05, 0.1) is 5.75 Å². The molecule has 4 N–H and O–H groups in total. The number of nitrogens with two attached hydrogens (primary N) is 1. The fourth-order valence-corrected chi connectivity index (χ4v) is 3.56. The van der Waals surface area contributed by atoms with Crippen molar-refractivity contribution >= 4 is 21.7 Å². The van der Waals surface area contributed by atoms with Crippen molar-refractivity contribution in [2.45, 2.75) is 13.3 Å². The van der Waals surface area contributed by atoms with Crippen molar-refractivity contribution in [1.29, 1.82) is 0 Å². The molecule has 0 bridgehead atoms. The number of hydrogen-bond donors (Lipinski definition) is 3. The van der Waals surface area contributed by atoms with E-state index in [0.29, 0.717) is 32.6 Å². The molecule has 2 amide bonds. The Hall–Kier alpha value is -1.87. The summed E-state index contributed by atoms with van der Waals surface area (Å²) in [4.78, 5) is 17.7. The fraction of sp³-hybridized carbons (Fsp3) is 0.571. The van der Waals surface area contributed by atoms with Crippen LogP contribution in [0, 0.1) is 12.8 Å². The maximum absolute atomic E-state index is 12.0. The number of nitrogens with zero attached hydrogens (tertiary/aromatic N) is 2. The maximum atomic E-state index is 12.0. The van der Waals surface area contributed by atoms with E-state index < -0.39 is 10.0 Å². The SMILES string of the molecule is Cc1cnccc1NCCNC(=O)N1CCC(CS(N)(=O)=O)C1. The number of aromatic nitrogens is 1. The number of rotatable bonds is 6. The number of sulfonamides is 1. The number of likely N-dealkylation sites (tertiary alicyclic amines) is 1. The Morgan fingerprint density at radius 2 is 2.26 bits per heavy atom. The molecule has 23 heavy (non-hydrogen) atoms. The number of pyridine rings is 1. The van der Waals surface area contributed by atoms with Gasteiger partial charge in [-0.1, -0.05) is 0 Å². The summed E-state index contributed by atoms with van der Waals surface area (Å²) in [7, 11) is -3.49. The molecule has 1 saturated heterocycles. The van der Waals surface area contributed by atoms with Crippen molar-refractivity contribution in [3.63, 3.8) is 0 Å². The molecule has 0 spiro atoms. The van der Waals surface area contributed by atoms with Crippen molar-refractivity contribution in [1.82, 2.24) is 15.2 Å². The van der Waals surface area contributed by atoms with E-state index >= 15 is 0 Å². The number of anilines is 1. The second-order valence-corrected chi connectivity index (χ2v) is 7.44. The lowest BCUT2D eigenvalue weighted by Crippen LogP contribution is -2.40. The molecule has 1 aromatic rings. The Kier molecular flexibility index (Phi) is 5.78. The molecule has 1 atom stereocenters. The lowest BCUT2D eigenvalue weighted by Gasteiger charge is -2.17. The molecular weight excluding hydrogens is 318 g/mol. The topological polar surface area (TPSA) is 117 Å². The Morgan fingerprint density at radius 1 is 1.48 bits per heavy atom. The van der Waals surface area contributed by atoms with Gasteiger partial charge in [-0.3, -0.25) is 4.98 Å². The number of primary sulfonamides is 1. The Morgan fingerprint density at radius 3 is 2.96 bits per heavy atom. The average Bonchev–Trinajstić information content (AvgIpc) is 2.91. The van der Waals surface area contributed by atoms with Gasteiger partial charge in [0.2, 0.25) is 10.0 Å². The van der Waals surface area contributed by atoms with Crippen LogP contribution in [0.2, 0.25) is 0 Å². The Balaban J connectivity index is 1.69. The van der Waals surface area contributed by atoms with Gasteiger partial charge in [0.1, 0.15) is 0 Å². The van der Waals surface area contributed by atoms with Crippen LogP contribution < -0.4 is 15.8 Å². The molecule has 0 saturated carbocycles. The molecule has 1 fully saturated rings. The largest absolute Gasteiger partial charge is 0.383 e. The van der Waals surface area contributed by atoms with Crippen LogP contribution in [0.25, 0.3) is 0 Å². The highest BCUT2D eigenvalue weighted by Crippen LogP contribution is 2.17. The summed E-state index contributed by atoms with van der Waals surface area (Å²) in [6.45, 7) is 4.04. The molecule has 0 aromatic carbocycles. The zero-order chi connectivity index (χ0) is 16.9. The summed E-state index contributed by atoms with van der Waals surface area (Å²) in [6, 6.07) is 1.71. The summed E-state index contributed by atoms with van der Waals surface area (Å²) >= 11 is 0. The van der Waals surface area contributed by atoms with Crippen molar-refractivity contribution in [2.24, 2.45) is 11.1 Å². The highest BCUT2D eigenvalue weighted by Gasteiger charge is 2.28. The van der Waals surface area contributed by atoms with Crippen molar-refractivity contribution < 1.29 is 13.2 Å². The van der Waals surface area contributed by atoms with Gasteiger partial charge in [-0.2, -0.15) is 0 Å². The maximum Gasteiger partial charge on any atom is 0.317 e. The van der Waals surface area contributed by atoms with Crippen LogP contribution in [0.3, 0.4) is 0 Å². The molecule has 128 valence electrons. The van der Waals surface area contributed by atoms with Crippen molar-refractivity contribution in [2.75, 3.05) is 37.2 Å². The number of carbonyl (C=O) groups is 1. The van der Waals surface area contributed by atoms with Gasteiger partial charge in [-0.15, -0.1) is 0 Å². The van der Waals surface area contributed by atoms with Crippen LogP contribution in [0.1, 0.15) is 12.0 Å². The van der Waals surface area contributed by atoms with E-state index in [9.17, 15) is 13.2 Å². The fourth-order valence-electron chi connectivity index (χ4n) is 2.63. The molecule has 1 aliphatic heterocycles. The summed E-state index contributed by atoms with van der Waals surface area (Å²) in [5.74, 6) is -0.145. The Labute approximate surface area is 136 Å². The van der Waals surface area contributed by atoms with Gasteiger partial charge in [0.25, 0.3) is 0 Å². The molecule has 0 radical (unpaired) electrons. The van der Waals surface area contributed by atoms with Crippen molar-refractivity contribution in [3.05, 3.63) is 24.0 Å². The van der Waals surface area contributed by atoms with E-state index in [1.807, 2.05) is 13.0 Å². The van der Waals surface area contributed by atoms with Gasteiger partial charge in [-0.25, -0.2) is 18.4 Å². The van der Waals surface area contributed by atoms with E-state index in [1.54, 1.807) is 17.3 Å². The number of carbonyl (C=O) groups excluding carboxylic acids is 1. The molecule has 1 unspecified atom stereocenters. The third kappa shape index (κ3) is 5.68. The predicted octanol–water partition coefficient (Wildman–Crippen LogP) is 0.122. The first-order chi connectivity index (χ1) is 10.8. The van der Waals surface area contributed by atoms with E-state index in [4.69, 9.17) is 5.14 Å². The third-order valence-electron chi connectivity index (χ3n) is 3.78. The van der Waals surface area contributed by atoms with Crippen LogP contribution in [-0.4, -0.2) is 56.3 Å². The van der Waals surface area contributed by atoms with Gasteiger partial charge in [0, 0.05) is 44.3 Å². The normalized spacial score (nSPS) is 18.0. The zero-order valence-corrected chi connectivity index (χ0v) is 14.0. The predicted molar refractivity (Wildman–Crippen MR) is 88.5 cm³/mol. The van der Waals surface area contributed by atoms with Crippen LogP contribution in [-0.2, 0) is 10.0 Å². The van der Waals surface area contributed by atoms with E-state index in [-0.39, 0.29) is 17.7 Å². The van der Waals surface area contributed by atoms with Crippen LogP contribution in [0.15, 0.2) is 18.5 Å². The smallest absolute Gasteiger partial charge is 0.317 e. The number of nitrogens with one attached hydrogen (secondary N) is 2. The monoisotopic (exact) mass is 341 g/mol. The first kappa shape index (κ1) is 17.5. The lowest BCUT2D eigenvalue weighted by atomic mass is 10.2. The van der Waals surface area contributed by atoms with Gasteiger partial charge < -0.3 is 15.5 Å². The van der Waals surface area contributed by atoms with E-state index in [0.717, 1.165) is 11.3 Å². The minimum atomic E-state index is -3.49. The Bertz CT molecular complexity index is 650. The summed E-state index contributed by atoms with van der Waals surface area (Å²) < 4.78 is 22.2. The summed E-state index contributed by atoms with van der Waals surface area (Å²) in [5.41, 5.74) is 2.04. The molecule has 0 aliphatic carbocycles. The second-order valence-electron chi connectivity index (χ2n) is 5.78. The quantitative estimate of drug-likeness (QED) is 0.635. The number of hydrogen-bond acceptors (Lipinski definition) is 5. The first-order valence-corrected chi connectivity index (χ1v) is 9.24. The van der Waals surface area contributed by atoms with Crippen molar-refractivity contribution in [3.8, 4) is 0 Å². The molecule has 8 nitrogen and oxygen atoms in total. The lowest BCUT2D eigenvalue weighted by molar-refractivity contribution is 0.208. The molecule has 9 heteroatoms. The number of amides is 2. The van der Waals surface area contributed by atoms with E-state index in [1.165, 1.54) is 0 Å². The average molecular weight is 341 g/mol. The highest BCUT2D eigenvalue weighted by atomic mass is 32.2. The molecule has 1 aromatic heterocycles. The van der Waals surface area contributed by atoms with Crippen LogP contribution >= 0.6 is 0 Å². The minimum Gasteiger partial charge on any atom is -0.383 e. The highest BCUT2D eigenvalue weighted by molar-refractivity contribution is 7.89. The molecule has 2 heterocycles. The van der Waals surface area contributed by atoms with Gasteiger partial charge in [-0.05, 0) is 30.9 Å². The summed E-state index contributed by atoms with van der Waals surface area (Å²) in [6.07, 6.45) is 4.15. The molecular formula is C14H23N5O3S. The number of aryl methyl sites for hydroxylation is 1. The molecule has 2 rings (SSSR count). The second kappa shape index (κ2) is 7.60. The zero-order valence-electron chi connectivity index (χ0n) is 13.2. The third-order valence-corrected chi connectivity index (χ3v) is 4.71. The standard InChI is InChI=1S/C14H23N5O3S/c1-11-8-16-4-2-13(11)17-5-6-18-14(20)19-7-3-12(9-19)10-23(15,21)22/h2,4,8,12H,3,5-7,9-10H2,1H3,(H,16,17)(H,18,20)(H2,15,21,22). The van der Waals surface area contributed by atoms with E-state index in [2.05, 4.69) is 15.6 Å². The summed E-state index contributed by atoms with van der Waals surface area (Å²) in [5, 5.41) is 11.1. The van der Waals surface area contributed by atoms with Gasteiger partial charge >= 0.3 is 6.03 Å². The molecule has 1 aliphatic rings. The first-order valence-electron chi connectivity index (χ1n) is 7.53. The minimum absolute atomic E-state index is 0.0698. The van der Waals surface area contributed by atoms with Gasteiger partial charge in [0.15, 0.2) is 0 Å². The van der Waals surface area contributed by atoms with Crippen LogP contribution in [0.4, 0.5) is 10.5 Å². The van der Waals surface area contributed by atoms with Crippen LogP contribution in [0.5, 0.6) is 0 Å². The number of urea groups is 1.